The number of rotatable bonds is 5. The van der Waals surface area contributed by atoms with Gasteiger partial charge in [-0.3, -0.25) is 0 Å². The summed E-state index contributed by atoms with van der Waals surface area (Å²) in [5.41, 5.74) is 1.70. The number of thiocarbonyl (C=S) groups is 1. The molecule has 1 N–H and O–H groups in total. The van der Waals surface area contributed by atoms with Gasteiger partial charge in [-0.15, -0.1) is 0 Å². The van der Waals surface area contributed by atoms with Crippen molar-refractivity contribution in [2.75, 3.05) is 38.1 Å². The largest absolute Gasteiger partial charge is 0.460 e. The van der Waals surface area contributed by atoms with Gasteiger partial charge in [-0.2, -0.15) is 4.31 Å². The molecule has 11 heteroatoms. The number of nitrogens with zero attached hydrogens (tertiary/aromatic N) is 2. The number of piperazine rings is 1. The number of benzene rings is 1. The van der Waals surface area contributed by atoms with Crippen LogP contribution in [-0.4, -0.2) is 61.5 Å². The van der Waals surface area contributed by atoms with E-state index in [1.165, 1.54) is 16.4 Å². The fourth-order valence-corrected chi connectivity index (χ4v) is 4.77. The highest BCUT2D eigenvalue weighted by atomic mass is 35.5. The van der Waals surface area contributed by atoms with E-state index < -0.39 is 16.0 Å². The first kappa shape index (κ1) is 22.5. The van der Waals surface area contributed by atoms with Crippen LogP contribution in [0.25, 0.3) is 0 Å². The van der Waals surface area contributed by atoms with Gasteiger partial charge in [0.1, 0.15) is 0 Å². The van der Waals surface area contributed by atoms with Crippen molar-refractivity contribution in [1.29, 1.82) is 0 Å². The number of furan rings is 1. The predicted molar refractivity (Wildman–Crippen MR) is 117 cm³/mol. The number of ether oxygens (including phenoxy) is 1. The molecule has 0 bridgehead atoms. The SMILES string of the molecule is CCOC(=O)c1ccc(S(=O)(=O)N2CCN(C(=S)Nc3cccc(Cl)c3C)CC2)o1. The van der Waals surface area contributed by atoms with Crippen molar-refractivity contribution in [1.82, 2.24) is 9.21 Å². The number of esters is 1. The van der Waals surface area contributed by atoms with Crippen LogP contribution in [0.4, 0.5) is 5.69 Å². The van der Waals surface area contributed by atoms with E-state index in [1.807, 2.05) is 24.0 Å². The smallest absolute Gasteiger partial charge is 0.374 e. The highest BCUT2D eigenvalue weighted by molar-refractivity contribution is 7.89. The van der Waals surface area contributed by atoms with Gasteiger partial charge in [-0.25, -0.2) is 13.2 Å². The molecule has 0 atom stereocenters. The Morgan fingerprint density at radius 2 is 1.93 bits per heavy atom. The van der Waals surface area contributed by atoms with Crippen molar-refractivity contribution < 1.29 is 22.4 Å². The monoisotopic (exact) mass is 471 g/mol. The standard InChI is InChI=1S/C19H22ClN3O5S2/c1-3-27-18(24)16-7-8-17(28-16)30(25,26)23-11-9-22(10-12-23)19(29)21-15-6-4-5-14(20)13(15)2/h4-8H,3,9-12H2,1-2H3,(H,21,29). The Morgan fingerprint density at radius 1 is 1.23 bits per heavy atom. The highest BCUT2D eigenvalue weighted by Gasteiger charge is 2.32. The highest BCUT2D eigenvalue weighted by Crippen LogP contribution is 2.24. The summed E-state index contributed by atoms with van der Waals surface area (Å²) in [6, 6.07) is 8.08. The molecular weight excluding hydrogens is 450 g/mol. The molecule has 1 saturated heterocycles. The van der Waals surface area contributed by atoms with Crippen LogP contribution in [0, 0.1) is 6.92 Å². The first-order chi connectivity index (χ1) is 14.2. The molecule has 0 saturated carbocycles. The molecule has 162 valence electrons. The van der Waals surface area contributed by atoms with Gasteiger partial charge in [-0.1, -0.05) is 17.7 Å². The number of hydrogen-bond donors (Lipinski definition) is 1. The van der Waals surface area contributed by atoms with Gasteiger partial charge in [0, 0.05) is 36.9 Å². The van der Waals surface area contributed by atoms with Crippen molar-refractivity contribution in [3.8, 4) is 0 Å². The number of carbonyl (C=O) groups is 1. The Morgan fingerprint density at radius 3 is 2.60 bits per heavy atom. The third-order valence-electron chi connectivity index (χ3n) is 4.69. The van der Waals surface area contributed by atoms with Gasteiger partial charge in [0.15, 0.2) is 5.11 Å². The molecule has 30 heavy (non-hydrogen) atoms. The summed E-state index contributed by atoms with van der Waals surface area (Å²) in [6.45, 7) is 5.01. The lowest BCUT2D eigenvalue weighted by molar-refractivity contribution is 0.0483. The van der Waals surface area contributed by atoms with Crippen molar-refractivity contribution in [2.45, 2.75) is 18.9 Å². The van der Waals surface area contributed by atoms with E-state index in [2.05, 4.69) is 5.32 Å². The minimum absolute atomic E-state index is 0.142. The van der Waals surface area contributed by atoms with Crippen LogP contribution in [0.3, 0.4) is 0 Å². The first-order valence-electron chi connectivity index (χ1n) is 9.32. The zero-order valence-corrected chi connectivity index (χ0v) is 18.9. The van der Waals surface area contributed by atoms with Gasteiger partial charge in [0.05, 0.1) is 6.61 Å². The Kier molecular flexibility index (Phi) is 7.02. The summed E-state index contributed by atoms with van der Waals surface area (Å²) in [5, 5.41) is 4.02. The van der Waals surface area contributed by atoms with Crippen LogP contribution < -0.4 is 5.32 Å². The van der Waals surface area contributed by atoms with Crippen LogP contribution in [0.1, 0.15) is 23.0 Å². The van der Waals surface area contributed by atoms with E-state index in [0.717, 1.165) is 11.3 Å². The molecule has 0 aliphatic carbocycles. The minimum atomic E-state index is -3.86. The molecule has 0 unspecified atom stereocenters. The summed E-state index contributed by atoms with van der Waals surface area (Å²) in [5.74, 6) is -0.840. The summed E-state index contributed by atoms with van der Waals surface area (Å²) in [7, 11) is -3.86. The van der Waals surface area contributed by atoms with Gasteiger partial charge in [0.25, 0.3) is 10.0 Å². The topological polar surface area (TPSA) is 92.1 Å². The Balaban J connectivity index is 1.62. The second kappa shape index (κ2) is 9.34. The fraction of sp³-hybridized carbons (Fsp3) is 0.368. The molecule has 2 heterocycles. The van der Waals surface area contributed by atoms with E-state index in [0.29, 0.717) is 23.2 Å². The lowest BCUT2D eigenvalue weighted by Gasteiger charge is -2.35. The zero-order valence-electron chi connectivity index (χ0n) is 16.6. The second-order valence-corrected chi connectivity index (χ2v) is 9.24. The molecule has 0 spiro atoms. The Labute approximate surface area is 185 Å². The van der Waals surface area contributed by atoms with E-state index in [9.17, 15) is 13.2 Å². The maximum Gasteiger partial charge on any atom is 0.374 e. The zero-order chi connectivity index (χ0) is 21.9. The maximum absolute atomic E-state index is 12.8. The van der Waals surface area contributed by atoms with Crippen LogP contribution in [-0.2, 0) is 14.8 Å². The molecule has 1 aromatic heterocycles. The molecule has 1 aromatic carbocycles. The number of nitrogens with one attached hydrogen (secondary N) is 1. The normalized spacial score (nSPS) is 15.1. The number of carbonyl (C=O) groups excluding carboxylic acids is 1. The van der Waals surface area contributed by atoms with E-state index in [4.69, 9.17) is 33.0 Å². The number of halogens is 1. The van der Waals surface area contributed by atoms with Crippen molar-refractivity contribution in [3.63, 3.8) is 0 Å². The summed E-state index contributed by atoms with van der Waals surface area (Å²) in [6.07, 6.45) is 0. The van der Waals surface area contributed by atoms with Crippen molar-refractivity contribution >= 4 is 50.6 Å². The quantitative estimate of drug-likeness (QED) is 0.525. The number of anilines is 1. The average molecular weight is 472 g/mol. The molecule has 2 aromatic rings. The lowest BCUT2D eigenvalue weighted by atomic mass is 10.2. The third-order valence-corrected chi connectivity index (χ3v) is 7.23. The summed E-state index contributed by atoms with van der Waals surface area (Å²) in [4.78, 5) is 13.6. The van der Waals surface area contributed by atoms with E-state index in [1.54, 1.807) is 13.0 Å². The average Bonchev–Trinajstić information content (AvgIpc) is 3.23. The first-order valence-corrected chi connectivity index (χ1v) is 11.5. The molecule has 0 amide bonds. The van der Waals surface area contributed by atoms with Crippen molar-refractivity contribution in [3.05, 3.63) is 46.7 Å². The fourth-order valence-electron chi connectivity index (χ4n) is 2.97. The van der Waals surface area contributed by atoms with E-state index in [-0.39, 0.29) is 30.5 Å². The molecular formula is C19H22ClN3O5S2. The molecule has 1 fully saturated rings. The van der Waals surface area contributed by atoms with Gasteiger partial charge >= 0.3 is 5.97 Å². The number of sulfonamides is 1. The van der Waals surface area contributed by atoms with Crippen LogP contribution in [0.15, 0.2) is 39.8 Å². The van der Waals surface area contributed by atoms with Gasteiger partial charge in [-0.05, 0) is 55.9 Å². The molecule has 8 nitrogen and oxygen atoms in total. The van der Waals surface area contributed by atoms with Crippen LogP contribution >= 0.6 is 23.8 Å². The minimum Gasteiger partial charge on any atom is -0.460 e. The predicted octanol–water partition coefficient (Wildman–Crippen LogP) is 3.12. The Hall–Kier alpha value is -2.14. The van der Waals surface area contributed by atoms with Crippen LogP contribution in [0.5, 0.6) is 0 Å². The maximum atomic E-state index is 12.8. The number of hydrogen-bond acceptors (Lipinski definition) is 6. The van der Waals surface area contributed by atoms with Gasteiger partial charge in [0.2, 0.25) is 10.9 Å². The van der Waals surface area contributed by atoms with Crippen LogP contribution in [0.2, 0.25) is 5.02 Å². The molecule has 3 rings (SSSR count). The molecule has 1 aliphatic heterocycles. The Bertz CT molecular complexity index is 1050. The van der Waals surface area contributed by atoms with E-state index >= 15 is 0 Å². The lowest BCUT2D eigenvalue weighted by Crippen LogP contribution is -2.51. The van der Waals surface area contributed by atoms with Crippen molar-refractivity contribution in [2.24, 2.45) is 0 Å². The second-order valence-electron chi connectivity index (χ2n) is 6.57. The third kappa shape index (κ3) is 4.77. The molecule has 0 radical (unpaired) electrons. The summed E-state index contributed by atoms with van der Waals surface area (Å²) < 4.78 is 37.0. The van der Waals surface area contributed by atoms with Gasteiger partial charge < -0.3 is 19.4 Å². The molecule has 1 aliphatic rings. The summed E-state index contributed by atoms with van der Waals surface area (Å²) >= 11 is 11.6.